The van der Waals surface area contributed by atoms with E-state index >= 15 is 0 Å². The van der Waals surface area contributed by atoms with Crippen LogP contribution in [0.15, 0.2) is 0 Å². The number of nitrogens with zero attached hydrogens (tertiary/aromatic N) is 1. The van der Waals surface area contributed by atoms with Crippen LogP contribution in [-0.2, 0) is 4.79 Å². The van der Waals surface area contributed by atoms with Crippen molar-refractivity contribution < 1.29 is 9.18 Å². The van der Waals surface area contributed by atoms with Crippen LogP contribution in [0.25, 0.3) is 0 Å². The molecule has 1 aliphatic heterocycles. The smallest absolute Gasteiger partial charge is 0.131 e. The predicted octanol–water partition coefficient (Wildman–Crippen LogP) is 1.40. The lowest BCUT2D eigenvalue weighted by molar-refractivity contribution is -0.118. The molecule has 0 N–H and O–H groups in total. The zero-order valence-corrected chi connectivity index (χ0v) is 7.55. The molecule has 0 radical (unpaired) electrons. The summed E-state index contributed by atoms with van der Waals surface area (Å²) in [7, 11) is 0. The highest BCUT2D eigenvalue weighted by atomic mass is 19.1. The summed E-state index contributed by atoms with van der Waals surface area (Å²) in [4.78, 5) is 12.9. The van der Waals surface area contributed by atoms with Crippen LogP contribution >= 0.6 is 0 Å². The van der Waals surface area contributed by atoms with E-state index < -0.39 is 0 Å². The number of halogens is 1. The Bertz CT molecular complexity index is 161. The summed E-state index contributed by atoms with van der Waals surface area (Å²) >= 11 is 0. The molecule has 0 aromatic carbocycles. The molecule has 3 heteroatoms. The highest BCUT2D eigenvalue weighted by Gasteiger charge is 2.24. The molecule has 0 bridgehead atoms. The lowest BCUT2D eigenvalue weighted by Gasteiger charge is -2.21. The number of carbonyl (C=O) groups excluding carboxylic acids is 1. The number of ketones is 1. The summed E-state index contributed by atoms with van der Waals surface area (Å²) in [6.07, 6.45) is 2.76. The third kappa shape index (κ3) is 2.55. The van der Waals surface area contributed by atoms with Crippen molar-refractivity contribution in [1.29, 1.82) is 0 Å². The fraction of sp³-hybridized carbons (Fsp3) is 0.889. The van der Waals surface area contributed by atoms with Crippen molar-refractivity contribution in [1.82, 2.24) is 4.90 Å². The van der Waals surface area contributed by atoms with Crippen LogP contribution in [0.4, 0.5) is 4.39 Å². The molecule has 1 atom stereocenters. The van der Waals surface area contributed by atoms with Crippen molar-refractivity contribution in [3.05, 3.63) is 0 Å². The number of carbonyl (C=O) groups is 1. The van der Waals surface area contributed by atoms with Crippen molar-refractivity contribution in [2.24, 2.45) is 0 Å². The van der Waals surface area contributed by atoms with E-state index in [0.29, 0.717) is 19.0 Å². The summed E-state index contributed by atoms with van der Waals surface area (Å²) in [5.41, 5.74) is 0. The average molecular weight is 173 g/mol. The van der Waals surface area contributed by atoms with Gasteiger partial charge in [-0.15, -0.1) is 0 Å². The summed E-state index contributed by atoms with van der Waals surface area (Å²) in [6, 6.07) is 0.318. The van der Waals surface area contributed by atoms with Gasteiger partial charge in [0.1, 0.15) is 12.5 Å². The van der Waals surface area contributed by atoms with E-state index in [9.17, 15) is 9.18 Å². The Hall–Kier alpha value is -0.440. The SMILES string of the molecule is CC(=O)CC1CCCN1CCF. The van der Waals surface area contributed by atoms with Crippen LogP contribution in [0.1, 0.15) is 26.2 Å². The number of alkyl halides is 1. The summed E-state index contributed by atoms with van der Waals surface area (Å²) in [5, 5.41) is 0. The van der Waals surface area contributed by atoms with Gasteiger partial charge in [-0.25, -0.2) is 4.39 Å². The molecule has 1 fully saturated rings. The molecular formula is C9H16FNO. The molecule has 0 saturated carbocycles. The van der Waals surface area contributed by atoms with E-state index in [1.807, 2.05) is 0 Å². The quantitative estimate of drug-likeness (QED) is 0.640. The number of hydrogen-bond acceptors (Lipinski definition) is 2. The molecule has 1 saturated heterocycles. The zero-order chi connectivity index (χ0) is 8.97. The van der Waals surface area contributed by atoms with E-state index in [1.54, 1.807) is 6.92 Å². The van der Waals surface area contributed by atoms with E-state index in [-0.39, 0.29) is 12.5 Å². The Morgan fingerprint density at radius 3 is 3.00 bits per heavy atom. The van der Waals surface area contributed by atoms with E-state index in [1.165, 1.54) is 0 Å². The van der Waals surface area contributed by atoms with Crippen molar-refractivity contribution in [2.45, 2.75) is 32.2 Å². The molecule has 0 amide bonds. The highest BCUT2D eigenvalue weighted by Crippen LogP contribution is 2.19. The van der Waals surface area contributed by atoms with Crippen molar-refractivity contribution in [3.8, 4) is 0 Å². The molecule has 2 nitrogen and oxygen atoms in total. The highest BCUT2D eigenvalue weighted by molar-refractivity contribution is 5.76. The van der Waals surface area contributed by atoms with Gasteiger partial charge in [-0.05, 0) is 26.3 Å². The topological polar surface area (TPSA) is 20.3 Å². The third-order valence-electron chi connectivity index (χ3n) is 2.39. The van der Waals surface area contributed by atoms with Gasteiger partial charge in [0.05, 0.1) is 0 Å². The molecular weight excluding hydrogens is 157 g/mol. The molecule has 1 aliphatic rings. The Morgan fingerprint density at radius 2 is 2.42 bits per heavy atom. The average Bonchev–Trinajstić information content (AvgIpc) is 2.37. The van der Waals surface area contributed by atoms with Crippen LogP contribution in [0.3, 0.4) is 0 Å². The van der Waals surface area contributed by atoms with Crippen molar-refractivity contribution in [2.75, 3.05) is 19.8 Å². The minimum Gasteiger partial charge on any atom is -0.300 e. The molecule has 0 spiro atoms. The Balaban J connectivity index is 2.35. The van der Waals surface area contributed by atoms with Gasteiger partial charge >= 0.3 is 0 Å². The second-order valence-corrected chi connectivity index (χ2v) is 3.43. The number of hydrogen-bond donors (Lipinski definition) is 0. The molecule has 0 aliphatic carbocycles. The van der Waals surface area contributed by atoms with Crippen LogP contribution in [0.5, 0.6) is 0 Å². The number of likely N-dealkylation sites (tertiary alicyclic amines) is 1. The normalized spacial score (nSPS) is 24.7. The number of Topliss-reactive ketones (excluding diaryl/α,β-unsaturated/α-hetero) is 1. The fourth-order valence-corrected chi connectivity index (χ4v) is 1.86. The summed E-state index contributed by atoms with van der Waals surface area (Å²) in [5.74, 6) is 0.214. The van der Waals surface area contributed by atoms with Gasteiger partial charge in [0, 0.05) is 19.0 Å². The molecule has 0 aromatic rings. The molecule has 0 aromatic heterocycles. The van der Waals surface area contributed by atoms with Gasteiger partial charge in [0.15, 0.2) is 0 Å². The minimum atomic E-state index is -0.297. The maximum Gasteiger partial charge on any atom is 0.131 e. The predicted molar refractivity (Wildman–Crippen MR) is 45.9 cm³/mol. The van der Waals surface area contributed by atoms with Gasteiger partial charge in [0.2, 0.25) is 0 Å². The largest absolute Gasteiger partial charge is 0.300 e. The minimum absolute atomic E-state index is 0.214. The lowest BCUT2D eigenvalue weighted by Crippen LogP contribution is -2.32. The van der Waals surface area contributed by atoms with E-state index in [2.05, 4.69) is 4.90 Å². The van der Waals surface area contributed by atoms with Gasteiger partial charge in [-0.3, -0.25) is 9.69 Å². The molecule has 1 unspecified atom stereocenters. The molecule has 12 heavy (non-hydrogen) atoms. The summed E-state index contributed by atoms with van der Waals surface area (Å²) in [6.45, 7) is 2.76. The number of rotatable bonds is 4. The van der Waals surface area contributed by atoms with Gasteiger partial charge in [-0.2, -0.15) is 0 Å². The van der Waals surface area contributed by atoms with Crippen LogP contribution in [-0.4, -0.2) is 36.5 Å². The Labute approximate surface area is 72.7 Å². The van der Waals surface area contributed by atoms with Gasteiger partial charge in [0.25, 0.3) is 0 Å². The van der Waals surface area contributed by atoms with Gasteiger partial charge in [-0.1, -0.05) is 0 Å². The van der Waals surface area contributed by atoms with E-state index in [4.69, 9.17) is 0 Å². The zero-order valence-electron chi connectivity index (χ0n) is 7.55. The van der Waals surface area contributed by atoms with Crippen molar-refractivity contribution in [3.63, 3.8) is 0 Å². The lowest BCUT2D eigenvalue weighted by atomic mass is 10.1. The van der Waals surface area contributed by atoms with Gasteiger partial charge < -0.3 is 0 Å². The fourth-order valence-electron chi connectivity index (χ4n) is 1.86. The van der Waals surface area contributed by atoms with Crippen LogP contribution in [0.2, 0.25) is 0 Å². The molecule has 1 heterocycles. The first-order valence-corrected chi connectivity index (χ1v) is 4.53. The first-order chi connectivity index (χ1) is 5.74. The third-order valence-corrected chi connectivity index (χ3v) is 2.39. The van der Waals surface area contributed by atoms with E-state index in [0.717, 1.165) is 19.4 Å². The van der Waals surface area contributed by atoms with Crippen LogP contribution in [0, 0.1) is 0 Å². The van der Waals surface area contributed by atoms with Crippen LogP contribution < -0.4 is 0 Å². The standard InChI is InChI=1S/C9H16FNO/c1-8(12)7-9-3-2-5-11(9)6-4-10/h9H,2-7H2,1H3. The first kappa shape index (κ1) is 9.65. The monoisotopic (exact) mass is 173 g/mol. The van der Waals surface area contributed by atoms with Crippen molar-refractivity contribution >= 4 is 5.78 Å². The maximum atomic E-state index is 12.0. The maximum absolute atomic E-state index is 12.0. The summed E-state index contributed by atoms with van der Waals surface area (Å²) < 4.78 is 12.0. The Kier molecular flexibility index (Phi) is 3.66. The molecule has 1 rings (SSSR count). The molecule has 70 valence electrons. The second-order valence-electron chi connectivity index (χ2n) is 3.43. The second kappa shape index (κ2) is 4.55. The first-order valence-electron chi connectivity index (χ1n) is 4.53. The Morgan fingerprint density at radius 1 is 1.67 bits per heavy atom.